The molecule has 1 heterocycles. The summed E-state index contributed by atoms with van der Waals surface area (Å²) in [5, 5.41) is 17.5. The molecule has 0 saturated carbocycles. The number of benzene rings is 3. The molecule has 1 amide bonds. The Balaban J connectivity index is 1.39. The number of thiazole rings is 1. The summed E-state index contributed by atoms with van der Waals surface area (Å²) in [6, 6.07) is 23.5. The SMILES string of the molecule is CC1(C(=O)Nc2nc(C(=O)c3ccccc3)cs2)CC2([N+](=O)[O-])c3ccccc3C1c1ccccc12. The van der Waals surface area contributed by atoms with Crippen molar-refractivity contribution < 1.29 is 14.5 Å². The third-order valence-corrected chi connectivity index (χ3v) is 8.28. The van der Waals surface area contributed by atoms with Gasteiger partial charge in [0.15, 0.2) is 5.13 Å². The lowest BCUT2D eigenvalue weighted by Crippen LogP contribution is -2.57. The van der Waals surface area contributed by atoms with E-state index in [1.807, 2.05) is 42.5 Å². The lowest BCUT2D eigenvalue weighted by atomic mass is 9.49. The first-order valence-corrected chi connectivity index (χ1v) is 12.4. The van der Waals surface area contributed by atoms with Gasteiger partial charge in [-0.25, -0.2) is 4.98 Å². The van der Waals surface area contributed by atoms with E-state index in [2.05, 4.69) is 10.3 Å². The van der Waals surface area contributed by atoms with Gasteiger partial charge in [-0.1, -0.05) is 78.9 Å². The molecule has 0 aliphatic heterocycles. The molecular formula is C28H21N3O4S. The van der Waals surface area contributed by atoms with Gasteiger partial charge in [-0.2, -0.15) is 0 Å². The lowest BCUT2D eigenvalue weighted by Gasteiger charge is -2.52. The number of hydrogen-bond donors (Lipinski definition) is 1. The predicted octanol–water partition coefficient (Wildman–Crippen LogP) is 5.39. The number of fused-ring (bicyclic) bond motifs is 1. The van der Waals surface area contributed by atoms with Crippen molar-refractivity contribution in [1.29, 1.82) is 0 Å². The second-order valence-electron chi connectivity index (χ2n) is 9.51. The molecule has 1 N–H and O–H groups in total. The number of amides is 1. The molecule has 3 aromatic carbocycles. The predicted molar refractivity (Wildman–Crippen MR) is 136 cm³/mol. The van der Waals surface area contributed by atoms with E-state index in [1.54, 1.807) is 48.7 Å². The van der Waals surface area contributed by atoms with Gasteiger partial charge in [0.1, 0.15) is 5.69 Å². The smallest absolute Gasteiger partial charge is 0.273 e. The van der Waals surface area contributed by atoms with Crippen molar-refractivity contribution in [3.05, 3.63) is 128 Å². The fraction of sp³-hybridized carbons (Fsp3) is 0.179. The molecule has 1 atom stereocenters. The molecule has 36 heavy (non-hydrogen) atoms. The summed E-state index contributed by atoms with van der Waals surface area (Å²) in [6.45, 7) is 1.79. The van der Waals surface area contributed by atoms with Gasteiger partial charge < -0.3 is 5.32 Å². The zero-order valence-corrected chi connectivity index (χ0v) is 20.1. The number of ketones is 1. The van der Waals surface area contributed by atoms with E-state index >= 15 is 0 Å². The molecule has 0 saturated heterocycles. The van der Waals surface area contributed by atoms with E-state index < -0.39 is 11.0 Å². The average molecular weight is 496 g/mol. The number of nitrogens with one attached hydrogen (secondary N) is 1. The van der Waals surface area contributed by atoms with Crippen LogP contribution in [-0.4, -0.2) is 21.6 Å². The largest absolute Gasteiger partial charge is 0.301 e. The van der Waals surface area contributed by atoms with Crippen molar-refractivity contribution in [1.82, 2.24) is 4.98 Å². The van der Waals surface area contributed by atoms with Crippen LogP contribution in [0.25, 0.3) is 0 Å². The van der Waals surface area contributed by atoms with Gasteiger partial charge in [0.05, 0.1) is 5.41 Å². The summed E-state index contributed by atoms with van der Waals surface area (Å²) in [6.07, 6.45) is 0.0265. The molecule has 4 aromatic rings. The molecule has 8 heteroatoms. The molecule has 178 valence electrons. The van der Waals surface area contributed by atoms with E-state index in [4.69, 9.17) is 0 Å². The summed E-state index contributed by atoms with van der Waals surface area (Å²) < 4.78 is 0. The summed E-state index contributed by atoms with van der Waals surface area (Å²) in [5.74, 6) is -0.932. The number of rotatable bonds is 5. The molecule has 3 aliphatic carbocycles. The van der Waals surface area contributed by atoms with Crippen molar-refractivity contribution >= 4 is 28.2 Å². The first-order chi connectivity index (χ1) is 17.4. The summed E-state index contributed by atoms with van der Waals surface area (Å²) in [7, 11) is 0. The van der Waals surface area contributed by atoms with Crippen LogP contribution in [0.4, 0.5) is 5.13 Å². The van der Waals surface area contributed by atoms with E-state index in [1.165, 1.54) is 0 Å². The van der Waals surface area contributed by atoms with Crippen LogP contribution >= 0.6 is 11.3 Å². The van der Waals surface area contributed by atoms with Gasteiger partial charge in [-0.05, 0) is 18.1 Å². The zero-order valence-electron chi connectivity index (χ0n) is 19.3. The van der Waals surface area contributed by atoms with Gasteiger partial charge in [0.25, 0.3) is 5.54 Å². The average Bonchev–Trinajstić information content (AvgIpc) is 3.37. The van der Waals surface area contributed by atoms with Gasteiger partial charge in [-0.3, -0.25) is 19.7 Å². The molecule has 3 aliphatic rings. The van der Waals surface area contributed by atoms with Crippen LogP contribution in [0.3, 0.4) is 0 Å². The molecule has 0 spiro atoms. The monoisotopic (exact) mass is 495 g/mol. The second kappa shape index (κ2) is 7.93. The fourth-order valence-corrected chi connectivity index (χ4v) is 6.64. The Morgan fingerprint density at radius 2 is 1.56 bits per heavy atom. The third-order valence-electron chi connectivity index (χ3n) is 7.52. The van der Waals surface area contributed by atoms with Crippen LogP contribution in [0.1, 0.15) is 57.6 Å². The van der Waals surface area contributed by atoms with Gasteiger partial charge in [0.2, 0.25) is 11.7 Å². The highest BCUT2D eigenvalue weighted by Gasteiger charge is 2.67. The Morgan fingerprint density at radius 3 is 2.17 bits per heavy atom. The Bertz CT molecular complexity index is 1500. The van der Waals surface area contributed by atoms with E-state index in [0.29, 0.717) is 21.8 Å². The van der Waals surface area contributed by atoms with E-state index in [0.717, 1.165) is 22.5 Å². The number of anilines is 1. The maximum absolute atomic E-state index is 13.9. The van der Waals surface area contributed by atoms with Crippen molar-refractivity contribution in [2.75, 3.05) is 5.32 Å². The van der Waals surface area contributed by atoms with E-state index in [9.17, 15) is 19.7 Å². The Morgan fingerprint density at radius 1 is 0.972 bits per heavy atom. The summed E-state index contributed by atoms with van der Waals surface area (Å²) >= 11 is 1.16. The maximum Gasteiger partial charge on any atom is 0.273 e. The third kappa shape index (κ3) is 3.01. The van der Waals surface area contributed by atoms with Crippen LogP contribution in [0.2, 0.25) is 0 Å². The highest BCUT2D eigenvalue weighted by Crippen LogP contribution is 2.64. The number of nitro groups is 1. The maximum atomic E-state index is 13.9. The first-order valence-electron chi connectivity index (χ1n) is 11.6. The highest BCUT2D eigenvalue weighted by molar-refractivity contribution is 7.14. The first kappa shape index (κ1) is 22.3. The van der Waals surface area contributed by atoms with Crippen LogP contribution in [0, 0.1) is 15.5 Å². The van der Waals surface area contributed by atoms with Crippen LogP contribution in [0.5, 0.6) is 0 Å². The number of hydrogen-bond acceptors (Lipinski definition) is 6. The van der Waals surface area contributed by atoms with Crippen molar-refractivity contribution in [2.45, 2.75) is 24.8 Å². The standard InChI is InChI=1S/C28H21N3O4S/c1-27(25(33)30-26-29-22(15-36-26)24(32)17-9-3-2-4-10-17)16-28(31(34)35)20-13-7-5-11-18(20)23(27)19-12-6-8-14-21(19)28/h2-15,23H,16H2,1H3,(H,29,30,33). The summed E-state index contributed by atoms with van der Waals surface area (Å²) in [5.41, 5.74) is 1.03. The summed E-state index contributed by atoms with van der Waals surface area (Å²) in [4.78, 5) is 43.5. The number of carbonyl (C=O) groups is 2. The molecule has 0 radical (unpaired) electrons. The fourth-order valence-electron chi connectivity index (χ4n) is 5.96. The minimum Gasteiger partial charge on any atom is -0.301 e. The van der Waals surface area contributed by atoms with Gasteiger partial charge in [-0.15, -0.1) is 11.3 Å². The van der Waals surface area contributed by atoms with Crippen LogP contribution in [-0.2, 0) is 10.3 Å². The number of carbonyl (C=O) groups excluding carboxylic acids is 2. The molecular weight excluding hydrogens is 474 g/mol. The second-order valence-corrected chi connectivity index (χ2v) is 10.4. The minimum atomic E-state index is -1.52. The Hall–Kier alpha value is -4.17. The molecule has 7 rings (SSSR count). The Labute approximate surface area is 211 Å². The van der Waals surface area contributed by atoms with Crippen LogP contribution in [0.15, 0.2) is 84.2 Å². The highest BCUT2D eigenvalue weighted by atomic mass is 32.1. The van der Waals surface area contributed by atoms with Gasteiger partial charge >= 0.3 is 0 Å². The van der Waals surface area contributed by atoms with E-state index in [-0.39, 0.29) is 34.6 Å². The number of aromatic nitrogens is 1. The minimum absolute atomic E-state index is 0.0265. The molecule has 2 bridgehead atoms. The Kier molecular flexibility index (Phi) is 4.91. The van der Waals surface area contributed by atoms with Crippen molar-refractivity contribution in [3.8, 4) is 0 Å². The quantitative estimate of drug-likeness (QED) is 0.227. The normalized spacial score (nSPS) is 23.4. The lowest BCUT2D eigenvalue weighted by molar-refractivity contribution is -0.573. The molecule has 1 unspecified atom stereocenters. The van der Waals surface area contributed by atoms with Gasteiger partial charge in [0, 0.05) is 39.3 Å². The number of nitrogens with zero attached hydrogens (tertiary/aromatic N) is 2. The van der Waals surface area contributed by atoms with Crippen molar-refractivity contribution in [3.63, 3.8) is 0 Å². The topological polar surface area (TPSA) is 102 Å². The van der Waals surface area contributed by atoms with Crippen molar-refractivity contribution in [2.24, 2.45) is 5.41 Å². The molecule has 1 aromatic heterocycles. The molecule has 7 nitrogen and oxygen atoms in total. The molecule has 0 fully saturated rings. The zero-order chi connectivity index (χ0) is 25.1. The van der Waals surface area contributed by atoms with Crippen LogP contribution < -0.4 is 5.32 Å².